The molecule has 8 nitrogen and oxygen atoms in total. The molecule has 36 heavy (non-hydrogen) atoms. The molecule has 188 valence electrons. The van der Waals surface area contributed by atoms with E-state index in [1.54, 1.807) is 23.9 Å². The Morgan fingerprint density at radius 3 is 2.69 bits per heavy atom. The summed E-state index contributed by atoms with van der Waals surface area (Å²) in [6.45, 7) is 8.36. The Labute approximate surface area is 208 Å². The average Bonchev–Trinajstić information content (AvgIpc) is 3.42. The number of rotatable bonds is 7. The van der Waals surface area contributed by atoms with Crippen molar-refractivity contribution in [3.05, 3.63) is 52.5 Å². The van der Waals surface area contributed by atoms with Crippen LogP contribution in [0.2, 0.25) is 0 Å². The molecule has 1 saturated carbocycles. The fourth-order valence-electron chi connectivity index (χ4n) is 5.46. The lowest BCUT2D eigenvalue weighted by Crippen LogP contribution is -2.25. The van der Waals surface area contributed by atoms with Crippen molar-refractivity contribution in [2.24, 2.45) is 12.5 Å². The van der Waals surface area contributed by atoms with Crippen molar-refractivity contribution >= 4 is 22.1 Å². The van der Waals surface area contributed by atoms with Crippen LogP contribution in [0.3, 0.4) is 0 Å². The lowest BCUT2D eigenvalue weighted by Gasteiger charge is -2.15. The highest BCUT2D eigenvalue weighted by Crippen LogP contribution is 2.52. The van der Waals surface area contributed by atoms with E-state index in [2.05, 4.69) is 20.1 Å². The summed E-state index contributed by atoms with van der Waals surface area (Å²) >= 11 is 0. The molecule has 1 aliphatic carbocycles. The average molecular weight is 491 g/mol. The van der Waals surface area contributed by atoms with Gasteiger partial charge < -0.3 is 9.64 Å². The highest BCUT2D eigenvalue weighted by atomic mass is 19.1. The highest BCUT2D eigenvalue weighted by Gasteiger charge is 2.47. The Bertz CT molecular complexity index is 1500. The highest BCUT2D eigenvalue weighted by molar-refractivity contribution is 6.02. The molecule has 0 radical (unpaired) electrons. The van der Waals surface area contributed by atoms with Crippen LogP contribution in [0, 0.1) is 11.2 Å². The van der Waals surface area contributed by atoms with E-state index in [1.165, 1.54) is 43.0 Å². The number of halogens is 1. The van der Waals surface area contributed by atoms with E-state index in [0.717, 1.165) is 12.2 Å². The zero-order valence-electron chi connectivity index (χ0n) is 21.0. The standard InChI is InChI=1S/C27H31FN6O2/c1-17(2)34-24-21-12-20(22(28)13-23(21)30-31-25(24)32(3)26(34)35)18-4-5-19(29-14-18)15-36-11-10-33-9-8-27(16-33)6-7-27/h4-5,12-14,17H,6-11,15-16H2,1-3H3. The first kappa shape index (κ1) is 23.2. The number of pyridine rings is 1. The summed E-state index contributed by atoms with van der Waals surface area (Å²) in [5, 5.41) is 9.06. The van der Waals surface area contributed by atoms with E-state index < -0.39 is 5.82 Å². The number of hydrogen-bond acceptors (Lipinski definition) is 6. The second-order valence-electron chi connectivity index (χ2n) is 10.6. The molecule has 2 fully saturated rings. The number of aryl methyl sites for hydroxylation is 1. The number of likely N-dealkylation sites (tertiary alicyclic amines) is 1. The van der Waals surface area contributed by atoms with Crippen molar-refractivity contribution in [2.75, 3.05) is 26.2 Å². The first-order valence-electron chi connectivity index (χ1n) is 12.7. The van der Waals surface area contributed by atoms with Crippen LogP contribution in [0.25, 0.3) is 33.2 Å². The molecule has 4 heterocycles. The Morgan fingerprint density at radius 1 is 1.17 bits per heavy atom. The summed E-state index contributed by atoms with van der Waals surface area (Å²) < 4.78 is 24.1. The fraction of sp³-hybridized carbons (Fsp3) is 0.481. The summed E-state index contributed by atoms with van der Waals surface area (Å²) in [5.74, 6) is -0.407. The summed E-state index contributed by atoms with van der Waals surface area (Å²) in [6, 6.07) is 6.78. The van der Waals surface area contributed by atoms with Gasteiger partial charge in [0.15, 0.2) is 5.65 Å². The summed E-state index contributed by atoms with van der Waals surface area (Å²) in [5.41, 5.74) is 3.89. The number of hydrogen-bond donors (Lipinski definition) is 0. The van der Waals surface area contributed by atoms with Gasteiger partial charge in [-0.05, 0) is 57.2 Å². The molecule has 3 aromatic heterocycles. The van der Waals surface area contributed by atoms with Crippen LogP contribution < -0.4 is 5.69 Å². The lowest BCUT2D eigenvalue weighted by atomic mass is 10.0. The minimum absolute atomic E-state index is 0.0802. The SMILES string of the molecule is CC(C)n1c(=O)n(C)c2nnc3cc(F)c(-c4ccc(COCCN5CCC6(CC6)C5)nc4)cc3c21. The molecule has 4 aromatic rings. The van der Waals surface area contributed by atoms with E-state index in [1.807, 2.05) is 26.0 Å². The van der Waals surface area contributed by atoms with E-state index >= 15 is 4.39 Å². The van der Waals surface area contributed by atoms with Gasteiger partial charge in [0.05, 0.1) is 24.4 Å². The number of nitrogens with zero attached hydrogens (tertiary/aromatic N) is 6. The zero-order valence-corrected chi connectivity index (χ0v) is 21.0. The van der Waals surface area contributed by atoms with Gasteiger partial charge in [0.1, 0.15) is 11.3 Å². The van der Waals surface area contributed by atoms with Crippen molar-refractivity contribution in [1.29, 1.82) is 0 Å². The predicted molar refractivity (Wildman–Crippen MR) is 136 cm³/mol. The van der Waals surface area contributed by atoms with Gasteiger partial charge in [0.25, 0.3) is 0 Å². The summed E-state index contributed by atoms with van der Waals surface area (Å²) in [7, 11) is 1.67. The molecule has 0 unspecified atom stereocenters. The molecular weight excluding hydrogens is 459 g/mol. The first-order valence-corrected chi connectivity index (χ1v) is 12.7. The van der Waals surface area contributed by atoms with Gasteiger partial charge in [-0.1, -0.05) is 6.07 Å². The maximum absolute atomic E-state index is 15.1. The molecule has 6 rings (SSSR count). The Kier molecular flexibility index (Phi) is 5.64. The quantitative estimate of drug-likeness (QED) is 0.364. The van der Waals surface area contributed by atoms with Crippen LogP contribution in [0.1, 0.15) is 44.8 Å². The second kappa shape index (κ2) is 8.74. The number of imidazole rings is 1. The van der Waals surface area contributed by atoms with Gasteiger partial charge >= 0.3 is 5.69 Å². The summed E-state index contributed by atoms with van der Waals surface area (Å²) in [6.07, 6.45) is 5.78. The van der Waals surface area contributed by atoms with E-state index in [9.17, 15) is 4.79 Å². The summed E-state index contributed by atoms with van der Waals surface area (Å²) in [4.78, 5) is 19.8. The van der Waals surface area contributed by atoms with Crippen LogP contribution >= 0.6 is 0 Å². The first-order chi connectivity index (χ1) is 17.3. The molecule has 1 saturated heterocycles. The smallest absolute Gasteiger partial charge is 0.330 e. The second-order valence-corrected chi connectivity index (χ2v) is 10.6. The molecule has 1 aromatic carbocycles. The van der Waals surface area contributed by atoms with Crippen molar-refractivity contribution in [2.45, 2.75) is 45.8 Å². The molecular formula is C27H31FN6O2. The molecule has 0 atom stereocenters. The number of benzene rings is 1. The van der Waals surface area contributed by atoms with Gasteiger partial charge in [-0.25, -0.2) is 9.18 Å². The monoisotopic (exact) mass is 490 g/mol. The third-order valence-electron chi connectivity index (χ3n) is 7.78. The molecule has 1 aliphatic heterocycles. The number of aromatic nitrogens is 5. The number of fused-ring (bicyclic) bond motifs is 3. The van der Waals surface area contributed by atoms with Crippen molar-refractivity contribution in [1.82, 2.24) is 29.2 Å². The van der Waals surface area contributed by atoms with Gasteiger partial charge in [-0.15, -0.1) is 10.2 Å². The van der Waals surface area contributed by atoms with Gasteiger partial charge in [0.2, 0.25) is 0 Å². The van der Waals surface area contributed by atoms with E-state index in [-0.39, 0.29) is 11.7 Å². The molecule has 2 aliphatic rings. The molecule has 0 amide bonds. The fourth-order valence-corrected chi connectivity index (χ4v) is 5.46. The normalized spacial score (nSPS) is 17.2. The van der Waals surface area contributed by atoms with E-state index in [4.69, 9.17) is 4.74 Å². The van der Waals surface area contributed by atoms with Crippen LogP contribution in [-0.2, 0) is 18.4 Å². The minimum atomic E-state index is -0.407. The van der Waals surface area contributed by atoms with Crippen LogP contribution in [0.4, 0.5) is 4.39 Å². The zero-order chi connectivity index (χ0) is 25.0. The third-order valence-corrected chi connectivity index (χ3v) is 7.78. The Morgan fingerprint density at radius 2 is 2.00 bits per heavy atom. The van der Waals surface area contributed by atoms with Crippen LogP contribution in [0.5, 0.6) is 0 Å². The topological polar surface area (TPSA) is 78.1 Å². The molecule has 1 spiro atoms. The largest absolute Gasteiger partial charge is 0.374 e. The van der Waals surface area contributed by atoms with Crippen molar-refractivity contribution in [3.8, 4) is 11.1 Å². The molecule has 0 bridgehead atoms. The van der Waals surface area contributed by atoms with Gasteiger partial charge in [0, 0.05) is 55.0 Å². The van der Waals surface area contributed by atoms with Gasteiger partial charge in [-0.2, -0.15) is 0 Å². The van der Waals surface area contributed by atoms with Crippen LogP contribution in [0.15, 0.2) is 35.3 Å². The maximum Gasteiger partial charge on any atom is 0.330 e. The maximum atomic E-state index is 15.1. The number of ether oxygens (including phenoxy) is 1. The van der Waals surface area contributed by atoms with E-state index in [0.29, 0.717) is 51.8 Å². The molecule has 0 N–H and O–H groups in total. The van der Waals surface area contributed by atoms with Crippen LogP contribution in [-0.4, -0.2) is 55.5 Å². The predicted octanol–water partition coefficient (Wildman–Crippen LogP) is 4.07. The van der Waals surface area contributed by atoms with Crippen molar-refractivity contribution in [3.63, 3.8) is 0 Å². The Hall–Kier alpha value is -3.17. The molecule has 9 heteroatoms. The van der Waals surface area contributed by atoms with Gasteiger partial charge in [-0.3, -0.25) is 14.1 Å². The Balaban J connectivity index is 1.22. The third kappa shape index (κ3) is 4.00. The lowest BCUT2D eigenvalue weighted by molar-refractivity contribution is 0.0958. The van der Waals surface area contributed by atoms with Crippen molar-refractivity contribution < 1.29 is 9.13 Å². The minimum Gasteiger partial charge on any atom is -0.374 e.